The molecule has 1 aromatic rings. The molecule has 22 heavy (non-hydrogen) atoms. The van der Waals surface area contributed by atoms with E-state index in [2.05, 4.69) is 45.0 Å². The molecule has 0 aromatic heterocycles. The Balaban J connectivity index is 1.48. The largest absolute Gasteiger partial charge is 0.475 e. The lowest BCUT2D eigenvalue weighted by molar-refractivity contribution is -0.199. The van der Waals surface area contributed by atoms with Crippen LogP contribution in [0.3, 0.4) is 0 Å². The minimum Gasteiger partial charge on any atom is -0.404 e. The van der Waals surface area contributed by atoms with E-state index in [9.17, 15) is 0 Å². The molecule has 4 heteroatoms. The molecule has 0 amide bonds. The maximum atomic E-state index is 6.43. The predicted octanol–water partition coefficient (Wildman–Crippen LogP) is 2.82. The van der Waals surface area contributed by atoms with Crippen molar-refractivity contribution < 1.29 is 9.31 Å². The zero-order valence-electron chi connectivity index (χ0n) is 13.8. The molecule has 1 aromatic carbocycles. The van der Waals surface area contributed by atoms with Gasteiger partial charge in [0.2, 0.25) is 0 Å². The highest BCUT2D eigenvalue weighted by Crippen LogP contribution is 2.65. The quantitative estimate of drug-likeness (QED) is 0.873. The molecule has 1 aliphatic heterocycles. The smallest absolute Gasteiger partial charge is 0.404 e. The van der Waals surface area contributed by atoms with Gasteiger partial charge in [-0.25, -0.2) is 0 Å². The van der Waals surface area contributed by atoms with Crippen molar-refractivity contribution in [3.8, 4) is 0 Å². The summed E-state index contributed by atoms with van der Waals surface area (Å²) in [7, 11) is -0.273. The van der Waals surface area contributed by atoms with E-state index in [1.165, 1.54) is 12.0 Å². The lowest BCUT2D eigenvalue weighted by Gasteiger charge is -2.64. The second kappa shape index (κ2) is 4.83. The van der Waals surface area contributed by atoms with Gasteiger partial charge in [0.25, 0.3) is 0 Å². The molecular weight excluding hydrogens is 273 g/mol. The maximum absolute atomic E-state index is 6.43. The Hall–Kier alpha value is -0.835. The molecule has 4 fully saturated rings. The van der Waals surface area contributed by atoms with E-state index >= 15 is 0 Å². The SMILES string of the molecule is CC1(C)C2CC3OB([C@@H](N)Cc4ccccc4)O[C@]3(C)[C@@H]1C2. The van der Waals surface area contributed by atoms with Crippen LogP contribution in [0.1, 0.15) is 39.2 Å². The van der Waals surface area contributed by atoms with E-state index in [1.807, 2.05) is 6.07 Å². The molecule has 0 radical (unpaired) electrons. The van der Waals surface area contributed by atoms with Gasteiger partial charge in [0.1, 0.15) is 0 Å². The van der Waals surface area contributed by atoms with Crippen LogP contribution >= 0.6 is 0 Å². The third-order valence-electron chi connectivity index (χ3n) is 6.63. The molecule has 3 saturated carbocycles. The zero-order chi connectivity index (χ0) is 15.5. The fourth-order valence-corrected chi connectivity index (χ4v) is 5.06. The van der Waals surface area contributed by atoms with Crippen molar-refractivity contribution in [2.75, 3.05) is 0 Å². The third kappa shape index (κ3) is 2.00. The van der Waals surface area contributed by atoms with Crippen LogP contribution < -0.4 is 5.73 Å². The van der Waals surface area contributed by atoms with E-state index in [-0.39, 0.29) is 24.8 Å². The summed E-state index contributed by atoms with van der Waals surface area (Å²) in [5, 5.41) is 0. The fourth-order valence-electron chi connectivity index (χ4n) is 5.06. The van der Waals surface area contributed by atoms with Crippen LogP contribution in [0.15, 0.2) is 30.3 Å². The summed E-state index contributed by atoms with van der Waals surface area (Å²) < 4.78 is 12.7. The van der Waals surface area contributed by atoms with Crippen LogP contribution in [0, 0.1) is 17.3 Å². The Morgan fingerprint density at radius 1 is 1.23 bits per heavy atom. The van der Waals surface area contributed by atoms with Gasteiger partial charge in [-0.1, -0.05) is 44.2 Å². The molecule has 3 aliphatic carbocycles. The summed E-state index contributed by atoms with van der Waals surface area (Å²) in [4.78, 5) is 0. The Kier molecular flexibility index (Phi) is 3.23. The molecule has 5 atom stereocenters. The number of rotatable bonds is 3. The zero-order valence-corrected chi connectivity index (χ0v) is 13.8. The van der Waals surface area contributed by atoms with Crippen LogP contribution in [-0.2, 0) is 15.7 Å². The molecule has 2 unspecified atom stereocenters. The summed E-state index contributed by atoms with van der Waals surface area (Å²) in [6.45, 7) is 7.01. The number of hydrogen-bond donors (Lipinski definition) is 1. The average molecular weight is 299 g/mol. The third-order valence-corrected chi connectivity index (χ3v) is 6.63. The van der Waals surface area contributed by atoms with Crippen LogP contribution in [0.25, 0.3) is 0 Å². The lowest BCUT2D eigenvalue weighted by Crippen LogP contribution is -2.65. The molecule has 0 spiro atoms. The van der Waals surface area contributed by atoms with Crippen LogP contribution in [0.5, 0.6) is 0 Å². The first-order valence-corrected chi connectivity index (χ1v) is 8.54. The van der Waals surface area contributed by atoms with Crippen molar-refractivity contribution in [2.45, 2.75) is 57.7 Å². The highest BCUT2D eigenvalue weighted by Gasteiger charge is 2.68. The number of hydrogen-bond acceptors (Lipinski definition) is 3. The average Bonchev–Trinajstić information content (AvgIpc) is 2.85. The van der Waals surface area contributed by atoms with Crippen molar-refractivity contribution in [1.82, 2.24) is 0 Å². The topological polar surface area (TPSA) is 44.5 Å². The summed E-state index contributed by atoms with van der Waals surface area (Å²) in [5.41, 5.74) is 7.87. The first kappa shape index (κ1) is 14.7. The van der Waals surface area contributed by atoms with Crippen molar-refractivity contribution in [3.05, 3.63) is 35.9 Å². The van der Waals surface area contributed by atoms with Gasteiger partial charge in [0.15, 0.2) is 0 Å². The molecular formula is C18H26BNO2. The Labute approximate surface area is 133 Å². The van der Waals surface area contributed by atoms with Crippen LogP contribution in [-0.4, -0.2) is 24.8 Å². The minimum atomic E-state index is -0.273. The first-order chi connectivity index (χ1) is 10.4. The predicted molar refractivity (Wildman–Crippen MR) is 88.2 cm³/mol. The molecule has 4 aliphatic rings. The highest BCUT2D eigenvalue weighted by atomic mass is 16.7. The minimum absolute atomic E-state index is 0.106. The van der Waals surface area contributed by atoms with Crippen molar-refractivity contribution in [1.29, 1.82) is 0 Å². The highest BCUT2D eigenvalue weighted by molar-refractivity contribution is 6.47. The molecule has 5 rings (SSSR count). The van der Waals surface area contributed by atoms with Gasteiger partial charge in [0.05, 0.1) is 11.7 Å². The monoisotopic (exact) mass is 299 g/mol. The van der Waals surface area contributed by atoms with E-state index in [0.29, 0.717) is 11.3 Å². The van der Waals surface area contributed by atoms with Gasteiger partial charge in [-0.2, -0.15) is 0 Å². The molecule has 2 N–H and O–H groups in total. The van der Waals surface area contributed by atoms with Gasteiger partial charge in [-0.3, -0.25) is 0 Å². The van der Waals surface area contributed by atoms with Gasteiger partial charge in [-0.15, -0.1) is 0 Å². The second-order valence-electron chi connectivity index (χ2n) is 8.19. The first-order valence-electron chi connectivity index (χ1n) is 8.54. The standard InChI is InChI=1S/C18H26BNO2/c1-17(2)13-10-14(17)18(3)15(11-13)21-19(22-18)16(20)9-12-7-5-4-6-8-12/h4-8,13-16H,9-11,20H2,1-3H3/t13?,14-,15?,16+,18-/m1/s1. The number of nitrogens with two attached hydrogens (primary N) is 1. The summed E-state index contributed by atoms with van der Waals surface area (Å²) in [5.74, 6) is 1.27. The van der Waals surface area contributed by atoms with E-state index in [4.69, 9.17) is 15.0 Å². The molecule has 118 valence electrons. The summed E-state index contributed by atoms with van der Waals surface area (Å²) >= 11 is 0. The lowest BCUT2D eigenvalue weighted by atomic mass is 9.43. The summed E-state index contributed by atoms with van der Waals surface area (Å²) in [6, 6.07) is 10.4. The molecule has 2 bridgehead atoms. The summed E-state index contributed by atoms with van der Waals surface area (Å²) in [6.07, 6.45) is 3.42. The molecule has 1 heterocycles. The van der Waals surface area contributed by atoms with Gasteiger partial charge in [-0.05, 0) is 49.0 Å². The van der Waals surface area contributed by atoms with Gasteiger partial charge >= 0.3 is 7.12 Å². The fraction of sp³-hybridized carbons (Fsp3) is 0.667. The van der Waals surface area contributed by atoms with Crippen LogP contribution in [0.2, 0.25) is 0 Å². The van der Waals surface area contributed by atoms with Crippen molar-refractivity contribution in [2.24, 2.45) is 23.0 Å². The molecule has 1 saturated heterocycles. The van der Waals surface area contributed by atoms with Gasteiger partial charge in [0, 0.05) is 5.94 Å². The van der Waals surface area contributed by atoms with Crippen molar-refractivity contribution in [3.63, 3.8) is 0 Å². The maximum Gasteiger partial charge on any atom is 0.475 e. The Morgan fingerprint density at radius 2 is 1.95 bits per heavy atom. The normalized spacial score (nSPS) is 40.0. The Morgan fingerprint density at radius 3 is 2.64 bits per heavy atom. The van der Waals surface area contributed by atoms with E-state index < -0.39 is 0 Å². The van der Waals surface area contributed by atoms with E-state index in [1.54, 1.807) is 0 Å². The second-order valence-corrected chi connectivity index (χ2v) is 8.19. The van der Waals surface area contributed by atoms with Gasteiger partial charge < -0.3 is 15.0 Å². The van der Waals surface area contributed by atoms with Crippen molar-refractivity contribution >= 4 is 7.12 Å². The molecule has 3 nitrogen and oxygen atoms in total. The Bertz CT molecular complexity index is 563. The van der Waals surface area contributed by atoms with Crippen LogP contribution in [0.4, 0.5) is 0 Å². The van der Waals surface area contributed by atoms with E-state index in [0.717, 1.165) is 18.8 Å². The number of benzene rings is 1.